The molecule has 0 fully saturated rings. The van der Waals surface area contributed by atoms with Crippen LogP contribution in [0.25, 0.3) is 0 Å². The number of benzene rings is 1. The molecule has 124 valence electrons. The van der Waals surface area contributed by atoms with E-state index in [9.17, 15) is 4.79 Å². The number of nitrogens with one attached hydrogen (secondary N) is 1. The monoisotopic (exact) mass is 379 g/mol. The number of aryl methyl sites for hydroxylation is 2. The Hall–Kier alpha value is -1.66. The molecule has 0 saturated heterocycles. The summed E-state index contributed by atoms with van der Waals surface area (Å²) in [5, 5.41) is 6.96. The second-order valence-electron chi connectivity index (χ2n) is 5.63. The predicted molar refractivity (Wildman–Crippen MR) is 92.8 cm³/mol. The van der Waals surface area contributed by atoms with Crippen LogP contribution in [-0.4, -0.2) is 11.1 Å². The maximum atomic E-state index is 12.5. The second kappa shape index (κ2) is 7.27. The van der Waals surface area contributed by atoms with Gasteiger partial charge in [0.15, 0.2) is 0 Å². The van der Waals surface area contributed by atoms with Gasteiger partial charge in [-0.15, -0.1) is 0 Å². The maximum Gasteiger partial charge on any atom is 0.244 e. The predicted octanol–water partition coefficient (Wildman–Crippen LogP) is 3.05. The summed E-state index contributed by atoms with van der Waals surface area (Å²) < 4.78 is 6.26. The van der Waals surface area contributed by atoms with E-state index in [0.29, 0.717) is 6.54 Å². The van der Waals surface area contributed by atoms with Crippen LogP contribution in [0.5, 0.6) is 0 Å². The van der Waals surface area contributed by atoms with E-state index in [0.717, 1.165) is 39.9 Å². The summed E-state index contributed by atoms with van der Waals surface area (Å²) in [4.78, 5) is 12.5. The lowest BCUT2D eigenvalue weighted by molar-refractivity contribution is -0.126. The van der Waals surface area contributed by atoms with E-state index in [2.05, 4.69) is 26.4 Å². The molecule has 0 bridgehead atoms. The number of rotatable bonds is 6. The van der Waals surface area contributed by atoms with Crippen molar-refractivity contribution in [3.63, 3.8) is 0 Å². The molecule has 3 N–H and O–H groups in total. The molecule has 23 heavy (non-hydrogen) atoms. The number of hydrogen-bond donors (Lipinski definition) is 2. The Kier molecular flexibility index (Phi) is 5.59. The fourth-order valence-electron chi connectivity index (χ4n) is 2.42. The molecule has 1 aromatic carbocycles. The summed E-state index contributed by atoms with van der Waals surface area (Å²) >= 11 is 3.38. The van der Waals surface area contributed by atoms with E-state index in [1.807, 2.05) is 38.1 Å². The zero-order chi connectivity index (χ0) is 17.0. The second-order valence-corrected chi connectivity index (χ2v) is 6.55. The van der Waals surface area contributed by atoms with Crippen molar-refractivity contribution in [1.82, 2.24) is 10.5 Å². The highest BCUT2D eigenvalue weighted by molar-refractivity contribution is 9.10. The van der Waals surface area contributed by atoms with Gasteiger partial charge in [-0.1, -0.05) is 47.1 Å². The standard InChI is InChI=1S/C17H22BrN3O2/c1-4-14-13(15(5-2)23-21-14)10-20-16(22)17(3,19)11-6-8-12(18)9-7-11/h6-9H,4-5,10,19H2,1-3H3,(H,20,22). The van der Waals surface area contributed by atoms with Crippen molar-refractivity contribution in [1.29, 1.82) is 0 Å². The van der Waals surface area contributed by atoms with Gasteiger partial charge in [-0.3, -0.25) is 4.79 Å². The lowest BCUT2D eigenvalue weighted by Gasteiger charge is -2.24. The largest absolute Gasteiger partial charge is 0.361 e. The van der Waals surface area contributed by atoms with Crippen molar-refractivity contribution in [2.45, 2.75) is 45.7 Å². The van der Waals surface area contributed by atoms with Crippen LogP contribution >= 0.6 is 15.9 Å². The topological polar surface area (TPSA) is 81.2 Å². The molecule has 1 aromatic heterocycles. The first kappa shape index (κ1) is 17.7. The minimum atomic E-state index is -1.10. The quantitative estimate of drug-likeness (QED) is 0.807. The average molecular weight is 380 g/mol. The zero-order valence-corrected chi connectivity index (χ0v) is 15.2. The molecule has 0 spiro atoms. The number of halogens is 1. The lowest BCUT2D eigenvalue weighted by atomic mass is 9.92. The van der Waals surface area contributed by atoms with Crippen LogP contribution in [0.15, 0.2) is 33.3 Å². The first-order valence-electron chi connectivity index (χ1n) is 7.69. The summed E-state index contributed by atoms with van der Waals surface area (Å²) in [6, 6.07) is 7.44. The highest BCUT2D eigenvalue weighted by Crippen LogP contribution is 2.21. The Morgan fingerprint density at radius 1 is 1.30 bits per heavy atom. The molecule has 5 nitrogen and oxygen atoms in total. The van der Waals surface area contributed by atoms with Gasteiger partial charge in [-0.25, -0.2) is 0 Å². The molecule has 1 amide bonds. The van der Waals surface area contributed by atoms with Crippen molar-refractivity contribution in [2.24, 2.45) is 5.73 Å². The molecule has 0 aliphatic carbocycles. The zero-order valence-electron chi connectivity index (χ0n) is 13.6. The van der Waals surface area contributed by atoms with Crippen molar-refractivity contribution in [3.05, 3.63) is 51.3 Å². The highest BCUT2D eigenvalue weighted by atomic mass is 79.9. The Morgan fingerprint density at radius 2 is 1.96 bits per heavy atom. The average Bonchev–Trinajstić information content (AvgIpc) is 2.94. The van der Waals surface area contributed by atoms with Gasteiger partial charge >= 0.3 is 0 Å². The van der Waals surface area contributed by atoms with E-state index in [-0.39, 0.29) is 5.91 Å². The molecular weight excluding hydrogens is 358 g/mol. The van der Waals surface area contributed by atoms with Crippen molar-refractivity contribution >= 4 is 21.8 Å². The van der Waals surface area contributed by atoms with Crippen LogP contribution in [-0.2, 0) is 29.7 Å². The molecule has 0 aliphatic rings. The molecule has 0 radical (unpaired) electrons. The van der Waals surface area contributed by atoms with Gasteiger partial charge in [0.05, 0.1) is 5.69 Å². The number of amides is 1. The lowest BCUT2D eigenvalue weighted by Crippen LogP contribution is -2.48. The van der Waals surface area contributed by atoms with E-state index in [1.165, 1.54) is 0 Å². The van der Waals surface area contributed by atoms with Crippen molar-refractivity contribution in [2.75, 3.05) is 0 Å². The Bertz CT molecular complexity index is 656. The van der Waals surface area contributed by atoms with Crippen LogP contribution in [0.1, 0.15) is 43.4 Å². The molecule has 1 atom stereocenters. The molecular formula is C17H22BrN3O2. The summed E-state index contributed by atoms with van der Waals surface area (Å²) in [7, 11) is 0. The van der Waals surface area contributed by atoms with Gasteiger partial charge < -0.3 is 15.6 Å². The molecule has 6 heteroatoms. The summed E-state index contributed by atoms with van der Waals surface area (Å²) in [5.74, 6) is 0.578. The number of carbonyl (C=O) groups is 1. The van der Waals surface area contributed by atoms with E-state index in [1.54, 1.807) is 6.92 Å². The van der Waals surface area contributed by atoms with Gasteiger partial charge in [0.25, 0.3) is 0 Å². The number of nitrogens with two attached hydrogens (primary N) is 1. The minimum absolute atomic E-state index is 0.231. The highest BCUT2D eigenvalue weighted by Gasteiger charge is 2.30. The third-order valence-corrected chi connectivity index (χ3v) is 4.48. The first-order chi connectivity index (χ1) is 10.9. The Labute approximate surface area is 144 Å². The normalized spacial score (nSPS) is 13.6. The number of aromatic nitrogens is 1. The van der Waals surface area contributed by atoms with Crippen LogP contribution in [0, 0.1) is 0 Å². The van der Waals surface area contributed by atoms with Crippen LogP contribution < -0.4 is 11.1 Å². The minimum Gasteiger partial charge on any atom is -0.361 e. The molecule has 1 heterocycles. The summed E-state index contributed by atoms with van der Waals surface area (Å²) in [6.45, 7) is 6.09. The smallest absolute Gasteiger partial charge is 0.244 e. The summed E-state index contributed by atoms with van der Waals surface area (Å²) in [6.07, 6.45) is 1.51. The van der Waals surface area contributed by atoms with Crippen molar-refractivity contribution < 1.29 is 9.32 Å². The third-order valence-electron chi connectivity index (χ3n) is 3.95. The molecule has 0 aliphatic heterocycles. The van der Waals surface area contributed by atoms with E-state index >= 15 is 0 Å². The fourth-order valence-corrected chi connectivity index (χ4v) is 2.68. The van der Waals surface area contributed by atoms with Gasteiger partial charge in [-0.2, -0.15) is 0 Å². The number of carbonyl (C=O) groups excluding carboxylic acids is 1. The van der Waals surface area contributed by atoms with Crippen LogP contribution in [0.2, 0.25) is 0 Å². The van der Waals surface area contributed by atoms with Gasteiger partial charge in [0, 0.05) is 23.0 Å². The van der Waals surface area contributed by atoms with Gasteiger partial charge in [0.1, 0.15) is 11.3 Å². The van der Waals surface area contributed by atoms with Crippen LogP contribution in [0.4, 0.5) is 0 Å². The Balaban J connectivity index is 2.12. The van der Waals surface area contributed by atoms with Gasteiger partial charge in [-0.05, 0) is 31.0 Å². The molecule has 2 aromatic rings. The van der Waals surface area contributed by atoms with Crippen molar-refractivity contribution in [3.8, 4) is 0 Å². The molecule has 1 unspecified atom stereocenters. The number of nitrogens with zero attached hydrogens (tertiary/aromatic N) is 1. The van der Waals surface area contributed by atoms with E-state index in [4.69, 9.17) is 10.3 Å². The summed E-state index contributed by atoms with van der Waals surface area (Å²) in [5.41, 5.74) is 7.74. The van der Waals surface area contributed by atoms with Gasteiger partial charge in [0.2, 0.25) is 5.91 Å². The first-order valence-corrected chi connectivity index (χ1v) is 8.48. The molecule has 0 saturated carbocycles. The third kappa shape index (κ3) is 3.82. The fraction of sp³-hybridized carbons (Fsp3) is 0.412. The number of hydrogen-bond acceptors (Lipinski definition) is 4. The van der Waals surface area contributed by atoms with Crippen LogP contribution in [0.3, 0.4) is 0 Å². The SMILES string of the molecule is CCc1noc(CC)c1CNC(=O)C(C)(N)c1ccc(Br)cc1. The Morgan fingerprint density at radius 3 is 2.52 bits per heavy atom. The maximum absolute atomic E-state index is 12.5. The van der Waals surface area contributed by atoms with E-state index < -0.39 is 5.54 Å². The molecule has 2 rings (SSSR count).